The highest BCUT2D eigenvalue weighted by Crippen LogP contribution is 1.95. The Morgan fingerprint density at radius 3 is 2.92 bits per heavy atom. The average Bonchev–Trinajstić information content (AvgIpc) is 2.53. The highest BCUT2D eigenvalue weighted by Gasteiger charge is 1.97. The van der Waals surface area contributed by atoms with E-state index in [1.807, 2.05) is 0 Å². The lowest BCUT2D eigenvalue weighted by molar-refractivity contribution is 0.276. The van der Waals surface area contributed by atoms with E-state index < -0.39 is 0 Å². The van der Waals surface area contributed by atoms with Crippen LogP contribution in [0.4, 0.5) is 0 Å². The van der Waals surface area contributed by atoms with Crippen molar-refractivity contribution in [1.82, 2.24) is 15.0 Å². The van der Waals surface area contributed by atoms with Gasteiger partial charge >= 0.3 is 0 Å². The molecule has 68 valence electrons. The molecular formula is C7H14N4O. The molecule has 0 aromatic carbocycles. The van der Waals surface area contributed by atoms with Crippen LogP contribution in [0.1, 0.15) is 18.5 Å². The van der Waals surface area contributed by atoms with Crippen LogP contribution in [0.15, 0.2) is 6.20 Å². The van der Waals surface area contributed by atoms with Gasteiger partial charge in [0.25, 0.3) is 0 Å². The molecule has 0 amide bonds. The maximum absolute atomic E-state index is 8.69. The highest BCUT2D eigenvalue weighted by atomic mass is 16.3. The second-order valence-electron chi connectivity index (χ2n) is 2.63. The first-order valence-electron chi connectivity index (χ1n) is 4.06. The van der Waals surface area contributed by atoms with Crippen LogP contribution in [0.5, 0.6) is 0 Å². The molecule has 3 N–H and O–H groups in total. The number of nitrogens with zero attached hydrogens (tertiary/aromatic N) is 3. The summed E-state index contributed by atoms with van der Waals surface area (Å²) in [6, 6.07) is 0. The molecule has 0 fully saturated rings. The van der Waals surface area contributed by atoms with Crippen molar-refractivity contribution in [3.63, 3.8) is 0 Å². The van der Waals surface area contributed by atoms with Crippen LogP contribution < -0.4 is 5.73 Å². The second kappa shape index (κ2) is 4.84. The van der Waals surface area contributed by atoms with Gasteiger partial charge in [0.1, 0.15) is 5.69 Å². The van der Waals surface area contributed by atoms with Crippen molar-refractivity contribution < 1.29 is 5.11 Å². The Labute approximate surface area is 71.2 Å². The van der Waals surface area contributed by atoms with Crippen molar-refractivity contribution in [3.05, 3.63) is 11.9 Å². The zero-order chi connectivity index (χ0) is 8.81. The van der Waals surface area contributed by atoms with Gasteiger partial charge in [0.15, 0.2) is 0 Å². The summed E-state index contributed by atoms with van der Waals surface area (Å²) >= 11 is 0. The standard InChI is InChI=1S/C7H14N4O/c8-3-1-2-4-11-5-7(6-12)9-10-11/h5,12H,1-4,6,8H2. The van der Waals surface area contributed by atoms with Gasteiger partial charge in [0, 0.05) is 6.54 Å². The topological polar surface area (TPSA) is 77.0 Å². The van der Waals surface area contributed by atoms with E-state index in [9.17, 15) is 0 Å². The fourth-order valence-corrected chi connectivity index (χ4v) is 0.938. The summed E-state index contributed by atoms with van der Waals surface area (Å²) in [5.74, 6) is 0. The molecule has 0 saturated heterocycles. The molecule has 1 aromatic heterocycles. The third kappa shape index (κ3) is 2.60. The molecule has 0 unspecified atom stereocenters. The van der Waals surface area contributed by atoms with E-state index in [4.69, 9.17) is 10.8 Å². The maximum atomic E-state index is 8.69. The molecule has 0 bridgehead atoms. The summed E-state index contributed by atoms with van der Waals surface area (Å²) in [5.41, 5.74) is 5.95. The minimum Gasteiger partial charge on any atom is -0.390 e. The first kappa shape index (κ1) is 9.15. The van der Waals surface area contributed by atoms with E-state index in [-0.39, 0.29) is 6.61 Å². The zero-order valence-corrected chi connectivity index (χ0v) is 6.98. The lowest BCUT2D eigenvalue weighted by Crippen LogP contribution is -2.03. The molecule has 1 aromatic rings. The number of hydrogen-bond acceptors (Lipinski definition) is 4. The molecular weight excluding hydrogens is 156 g/mol. The van der Waals surface area contributed by atoms with E-state index >= 15 is 0 Å². The molecule has 0 aliphatic carbocycles. The lowest BCUT2D eigenvalue weighted by atomic mass is 10.3. The van der Waals surface area contributed by atoms with E-state index in [1.165, 1.54) is 0 Å². The SMILES string of the molecule is NCCCCn1cc(CO)nn1. The third-order valence-electron chi connectivity index (χ3n) is 1.59. The molecule has 0 aliphatic rings. The van der Waals surface area contributed by atoms with E-state index in [0.29, 0.717) is 12.2 Å². The molecule has 0 aliphatic heterocycles. The largest absolute Gasteiger partial charge is 0.390 e. The zero-order valence-electron chi connectivity index (χ0n) is 6.98. The molecule has 1 rings (SSSR count). The third-order valence-corrected chi connectivity index (χ3v) is 1.59. The summed E-state index contributed by atoms with van der Waals surface area (Å²) in [7, 11) is 0. The van der Waals surface area contributed by atoms with Crippen LogP contribution in [0, 0.1) is 0 Å². The lowest BCUT2D eigenvalue weighted by Gasteiger charge is -1.96. The van der Waals surface area contributed by atoms with Gasteiger partial charge in [0.2, 0.25) is 0 Å². The van der Waals surface area contributed by atoms with Crippen LogP contribution in [0.2, 0.25) is 0 Å². The van der Waals surface area contributed by atoms with Crippen molar-refractivity contribution in [2.75, 3.05) is 6.54 Å². The summed E-state index contributed by atoms with van der Waals surface area (Å²) < 4.78 is 1.72. The van der Waals surface area contributed by atoms with Gasteiger partial charge < -0.3 is 10.8 Å². The van der Waals surface area contributed by atoms with Crippen molar-refractivity contribution in [3.8, 4) is 0 Å². The number of nitrogens with two attached hydrogens (primary N) is 1. The van der Waals surface area contributed by atoms with Crippen LogP contribution in [-0.2, 0) is 13.2 Å². The normalized spacial score (nSPS) is 10.5. The quantitative estimate of drug-likeness (QED) is 0.584. The summed E-state index contributed by atoms with van der Waals surface area (Å²) in [6.07, 6.45) is 3.75. The Hall–Kier alpha value is -0.940. The first-order valence-corrected chi connectivity index (χ1v) is 4.06. The average molecular weight is 170 g/mol. The van der Waals surface area contributed by atoms with E-state index in [0.717, 1.165) is 19.4 Å². The van der Waals surface area contributed by atoms with Gasteiger partial charge in [-0.2, -0.15) is 0 Å². The molecule has 12 heavy (non-hydrogen) atoms. The molecule has 0 radical (unpaired) electrons. The van der Waals surface area contributed by atoms with E-state index in [1.54, 1.807) is 10.9 Å². The first-order chi connectivity index (χ1) is 5.86. The molecule has 0 spiro atoms. The smallest absolute Gasteiger partial charge is 0.108 e. The van der Waals surface area contributed by atoms with Crippen molar-refractivity contribution >= 4 is 0 Å². The number of hydrogen-bond donors (Lipinski definition) is 2. The van der Waals surface area contributed by atoms with Crippen molar-refractivity contribution in [1.29, 1.82) is 0 Å². The van der Waals surface area contributed by atoms with Crippen LogP contribution in [0.3, 0.4) is 0 Å². The summed E-state index contributed by atoms with van der Waals surface area (Å²) in [5, 5.41) is 16.3. The second-order valence-corrected chi connectivity index (χ2v) is 2.63. The van der Waals surface area contributed by atoms with Crippen LogP contribution >= 0.6 is 0 Å². The van der Waals surface area contributed by atoms with Gasteiger partial charge in [-0.3, -0.25) is 4.68 Å². The highest BCUT2D eigenvalue weighted by molar-refractivity contribution is 4.88. The van der Waals surface area contributed by atoms with Crippen molar-refractivity contribution in [2.45, 2.75) is 26.0 Å². The predicted octanol–water partition coefficient (Wildman–Crippen LogP) is -0.491. The molecule has 5 heteroatoms. The Balaban J connectivity index is 2.31. The number of unbranched alkanes of at least 4 members (excludes halogenated alkanes) is 1. The number of aliphatic hydroxyl groups is 1. The van der Waals surface area contributed by atoms with Gasteiger partial charge in [-0.1, -0.05) is 5.21 Å². The summed E-state index contributed by atoms with van der Waals surface area (Å²) in [6.45, 7) is 1.49. The minimum absolute atomic E-state index is 0.0448. The van der Waals surface area contributed by atoms with Gasteiger partial charge in [-0.25, -0.2) is 0 Å². The number of rotatable bonds is 5. The minimum atomic E-state index is -0.0448. The van der Waals surface area contributed by atoms with Gasteiger partial charge in [0.05, 0.1) is 12.8 Å². The predicted molar refractivity (Wildman–Crippen MR) is 44.2 cm³/mol. The molecule has 0 atom stereocenters. The Bertz CT molecular complexity index is 223. The number of aromatic nitrogens is 3. The molecule has 1 heterocycles. The number of aliphatic hydroxyl groups excluding tert-OH is 1. The Morgan fingerprint density at radius 2 is 2.33 bits per heavy atom. The van der Waals surface area contributed by atoms with Crippen molar-refractivity contribution in [2.24, 2.45) is 5.73 Å². The Morgan fingerprint density at radius 1 is 1.50 bits per heavy atom. The van der Waals surface area contributed by atoms with Crippen LogP contribution in [-0.4, -0.2) is 26.6 Å². The number of aryl methyl sites for hydroxylation is 1. The van der Waals surface area contributed by atoms with E-state index in [2.05, 4.69) is 10.3 Å². The Kier molecular flexibility index (Phi) is 3.69. The van der Waals surface area contributed by atoms with Gasteiger partial charge in [-0.05, 0) is 19.4 Å². The maximum Gasteiger partial charge on any atom is 0.108 e. The van der Waals surface area contributed by atoms with Crippen LogP contribution in [0.25, 0.3) is 0 Å². The monoisotopic (exact) mass is 170 g/mol. The summed E-state index contributed by atoms with van der Waals surface area (Å²) in [4.78, 5) is 0. The molecule has 0 saturated carbocycles. The fourth-order valence-electron chi connectivity index (χ4n) is 0.938. The molecule has 5 nitrogen and oxygen atoms in total. The van der Waals surface area contributed by atoms with Gasteiger partial charge in [-0.15, -0.1) is 5.10 Å². The fraction of sp³-hybridized carbons (Fsp3) is 0.714.